The molecule has 20 heavy (non-hydrogen) atoms. The molecule has 1 heterocycles. The van der Waals surface area contributed by atoms with Gasteiger partial charge in [0.2, 0.25) is 0 Å². The van der Waals surface area contributed by atoms with E-state index in [0.717, 1.165) is 23.4 Å². The first-order valence-corrected chi connectivity index (χ1v) is 6.54. The number of hydrogen-bond donors (Lipinski definition) is 1. The summed E-state index contributed by atoms with van der Waals surface area (Å²) in [5, 5.41) is 9.03. The summed E-state index contributed by atoms with van der Waals surface area (Å²) < 4.78 is 5.36. The lowest BCUT2D eigenvalue weighted by atomic mass is 10.1. The molecule has 2 unspecified atom stereocenters. The Morgan fingerprint density at radius 3 is 2.80 bits per heavy atom. The Labute approximate surface area is 117 Å². The van der Waals surface area contributed by atoms with Crippen molar-refractivity contribution in [3.8, 4) is 23.1 Å². The van der Waals surface area contributed by atoms with Gasteiger partial charge in [-0.3, -0.25) is 4.98 Å². The standard InChI is InChI=1S/C16H15N3O/c1-20-16-6-5-10(9-17)7-12(16)15-4-2-3-14(19-15)11-8-13(11)18/h2-7,11,13H,8,18H2,1H3. The molecule has 1 fully saturated rings. The van der Waals surface area contributed by atoms with Gasteiger partial charge in [-0.1, -0.05) is 6.07 Å². The molecule has 4 nitrogen and oxygen atoms in total. The lowest BCUT2D eigenvalue weighted by Crippen LogP contribution is -2.02. The van der Waals surface area contributed by atoms with E-state index in [-0.39, 0.29) is 6.04 Å². The van der Waals surface area contributed by atoms with E-state index in [9.17, 15) is 0 Å². The second-order valence-corrected chi connectivity index (χ2v) is 4.98. The minimum absolute atomic E-state index is 0.227. The quantitative estimate of drug-likeness (QED) is 0.925. The van der Waals surface area contributed by atoms with Gasteiger partial charge in [0.15, 0.2) is 0 Å². The smallest absolute Gasteiger partial charge is 0.128 e. The van der Waals surface area contributed by atoms with E-state index < -0.39 is 0 Å². The minimum atomic E-state index is 0.227. The fourth-order valence-corrected chi connectivity index (χ4v) is 2.34. The lowest BCUT2D eigenvalue weighted by Gasteiger charge is -2.09. The fraction of sp³-hybridized carbons (Fsp3) is 0.250. The molecule has 0 aliphatic heterocycles. The van der Waals surface area contributed by atoms with Crippen LogP contribution >= 0.6 is 0 Å². The maximum atomic E-state index is 9.03. The van der Waals surface area contributed by atoms with E-state index in [2.05, 4.69) is 11.1 Å². The highest BCUT2D eigenvalue weighted by Gasteiger charge is 2.36. The van der Waals surface area contributed by atoms with Crippen LogP contribution in [0, 0.1) is 11.3 Å². The van der Waals surface area contributed by atoms with Crippen LogP contribution in [-0.2, 0) is 0 Å². The molecule has 4 heteroatoms. The van der Waals surface area contributed by atoms with Gasteiger partial charge < -0.3 is 10.5 Å². The number of ether oxygens (including phenoxy) is 1. The van der Waals surface area contributed by atoms with Crippen molar-refractivity contribution in [3.05, 3.63) is 47.7 Å². The van der Waals surface area contributed by atoms with Gasteiger partial charge in [-0.05, 0) is 36.8 Å². The Morgan fingerprint density at radius 1 is 1.35 bits per heavy atom. The highest BCUT2D eigenvalue weighted by molar-refractivity contribution is 5.69. The molecule has 2 N–H and O–H groups in total. The first kappa shape index (κ1) is 12.6. The van der Waals surface area contributed by atoms with Crippen molar-refractivity contribution < 1.29 is 4.74 Å². The molecular formula is C16H15N3O. The maximum absolute atomic E-state index is 9.03. The van der Waals surface area contributed by atoms with E-state index in [1.807, 2.05) is 18.2 Å². The normalized spacial score (nSPS) is 20.2. The number of nitrogens with two attached hydrogens (primary N) is 1. The summed E-state index contributed by atoms with van der Waals surface area (Å²) in [4.78, 5) is 4.67. The topological polar surface area (TPSA) is 71.9 Å². The van der Waals surface area contributed by atoms with Gasteiger partial charge in [-0.2, -0.15) is 5.26 Å². The lowest BCUT2D eigenvalue weighted by molar-refractivity contribution is 0.416. The molecule has 1 saturated carbocycles. The zero-order valence-electron chi connectivity index (χ0n) is 11.2. The maximum Gasteiger partial charge on any atom is 0.128 e. The number of aromatic nitrogens is 1. The molecule has 1 aliphatic rings. The second-order valence-electron chi connectivity index (χ2n) is 4.98. The summed E-state index contributed by atoms with van der Waals surface area (Å²) >= 11 is 0. The molecule has 2 atom stereocenters. The highest BCUT2D eigenvalue weighted by atomic mass is 16.5. The molecule has 0 bridgehead atoms. The van der Waals surface area contributed by atoms with Crippen molar-refractivity contribution >= 4 is 0 Å². The average molecular weight is 265 g/mol. The summed E-state index contributed by atoms with van der Waals surface area (Å²) in [7, 11) is 1.62. The van der Waals surface area contributed by atoms with E-state index in [4.69, 9.17) is 15.7 Å². The van der Waals surface area contributed by atoms with Gasteiger partial charge in [0.25, 0.3) is 0 Å². The van der Waals surface area contributed by atoms with Gasteiger partial charge in [0, 0.05) is 23.2 Å². The first-order valence-electron chi connectivity index (χ1n) is 6.54. The molecule has 1 aromatic carbocycles. The van der Waals surface area contributed by atoms with Crippen LogP contribution in [0.4, 0.5) is 0 Å². The summed E-state index contributed by atoms with van der Waals surface area (Å²) in [6.07, 6.45) is 0.992. The fourth-order valence-electron chi connectivity index (χ4n) is 2.34. The van der Waals surface area contributed by atoms with Gasteiger partial charge in [-0.15, -0.1) is 0 Å². The van der Waals surface area contributed by atoms with Crippen LogP contribution < -0.4 is 10.5 Å². The van der Waals surface area contributed by atoms with Crippen molar-refractivity contribution in [1.29, 1.82) is 5.26 Å². The third kappa shape index (κ3) is 2.24. The van der Waals surface area contributed by atoms with E-state index >= 15 is 0 Å². The summed E-state index contributed by atoms with van der Waals surface area (Å²) in [5.41, 5.74) is 9.14. The molecular weight excluding hydrogens is 250 g/mol. The molecule has 3 rings (SSSR count). The van der Waals surface area contributed by atoms with E-state index in [0.29, 0.717) is 17.2 Å². The van der Waals surface area contributed by atoms with Crippen molar-refractivity contribution in [3.63, 3.8) is 0 Å². The number of rotatable bonds is 3. The van der Waals surface area contributed by atoms with E-state index in [1.165, 1.54) is 0 Å². The number of pyridine rings is 1. The SMILES string of the molecule is COc1ccc(C#N)cc1-c1cccc(C2CC2N)n1. The monoisotopic (exact) mass is 265 g/mol. The molecule has 0 amide bonds. The minimum Gasteiger partial charge on any atom is -0.496 e. The molecule has 100 valence electrons. The highest BCUT2D eigenvalue weighted by Crippen LogP contribution is 2.39. The average Bonchev–Trinajstić information content (AvgIpc) is 3.23. The van der Waals surface area contributed by atoms with Crippen LogP contribution in [-0.4, -0.2) is 18.1 Å². The Morgan fingerprint density at radius 2 is 2.15 bits per heavy atom. The summed E-state index contributed by atoms with van der Waals surface area (Å²) in [6, 6.07) is 13.6. The molecule has 2 aromatic rings. The van der Waals surface area contributed by atoms with Crippen molar-refractivity contribution in [1.82, 2.24) is 4.98 Å². The summed E-state index contributed by atoms with van der Waals surface area (Å²) in [5.74, 6) is 1.08. The van der Waals surface area contributed by atoms with Crippen LogP contribution in [0.5, 0.6) is 5.75 Å². The van der Waals surface area contributed by atoms with Crippen LogP contribution in [0.3, 0.4) is 0 Å². The number of nitriles is 1. The van der Waals surface area contributed by atoms with Gasteiger partial charge in [0.1, 0.15) is 5.75 Å². The van der Waals surface area contributed by atoms with Crippen LogP contribution in [0.15, 0.2) is 36.4 Å². The predicted octanol–water partition coefficient (Wildman–Crippen LogP) is 2.44. The summed E-state index contributed by atoms with van der Waals surface area (Å²) in [6.45, 7) is 0. The second kappa shape index (κ2) is 4.95. The number of benzene rings is 1. The Kier molecular flexibility index (Phi) is 3.13. The largest absolute Gasteiger partial charge is 0.496 e. The predicted molar refractivity (Wildman–Crippen MR) is 76.3 cm³/mol. The zero-order valence-corrected chi connectivity index (χ0v) is 11.2. The molecule has 0 saturated heterocycles. The number of hydrogen-bond acceptors (Lipinski definition) is 4. The van der Waals surface area contributed by atoms with Gasteiger partial charge in [-0.25, -0.2) is 0 Å². The molecule has 0 radical (unpaired) electrons. The number of methoxy groups -OCH3 is 1. The third-order valence-electron chi connectivity index (χ3n) is 3.59. The van der Waals surface area contributed by atoms with Crippen LogP contribution in [0.2, 0.25) is 0 Å². The Bertz CT molecular complexity index is 690. The van der Waals surface area contributed by atoms with Gasteiger partial charge >= 0.3 is 0 Å². The van der Waals surface area contributed by atoms with Crippen molar-refractivity contribution in [2.75, 3.05) is 7.11 Å². The molecule has 0 spiro atoms. The number of nitrogens with zero attached hydrogens (tertiary/aromatic N) is 2. The third-order valence-corrected chi connectivity index (χ3v) is 3.59. The Hall–Kier alpha value is -2.38. The Balaban J connectivity index is 2.06. The molecule has 1 aromatic heterocycles. The van der Waals surface area contributed by atoms with Crippen molar-refractivity contribution in [2.24, 2.45) is 5.73 Å². The molecule has 1 aliphatic carbocycles. The van der Waals surface area contributed by atoms with E-state index in [1.54, 1.807) is 25.3 Å². The van der Waals surface area contributed by atoms with Crippen molar-refractivity contribution in [2.45, 2.75) is 18.4 Å². The van der Waals surface area contributed by atoms with Crippen LogP contribution in [0.25, 0.3) is 11.3 Å². The van der Waals surface area contributed by atoms with Gasteiger partial charge in [0.05, 0.1) is 24.4 Å². The zero-order chi connectivity index (χ0) is 14.1. The van der Waals surface area contributed by atoms with Crippen LogP contribution in [0.1, 0.15) is 23.6 Å². The first-order chi connectivity index (χ1) is 9.72.